The van der Waals surface area contributed by atoms with Crippen molar-refractivity contribution in [3.63, 3.8) is 0 Å². The number of carbonyl (C=O) groups is 2. The number of benzene rings is 2. The summed E-state index contributed by atoms with van der Waals surface area (Å²) in [6, 6.07) is 11.1. The molecule has 5 nitrogen and oxygen atoms in total. The zero-order valence-electron chi connectivity index (χ0n) is 14.0. The Labute approximate surface area is 159 Å². The van der Waals surface area contributed by atoms with Crippen LogP contribution in [0.3, 0.4) is 0 Å². The number of hydrogen-bond donors (Lipinski definition) is 2. The summed E-state index contributed by atoms with van der Waals surface area (Å²) in [6.07, 6.45) is 1.67. The van der Waals surface area contributed by atoms with Crippen LogP contribution >= 0.6 is 15.9 Å². The summed E-state index contributed by atoms with van der Waals surface area (Å²) in [5.41, 5.74) is 7.20. The van der Waals surface area contributed by atoms with Gasteiger partial charge in [-0.15, -0.1) is 0 Å². The molecule has 0 saturated carbocycles. The van der Waals surface area contributed by atoms with E-state index in [1.54, 1.807) is 6.07 Å². The molecule has 7 heteroatoms. The van der Waals surface area contributed by atoms with Crippen LogP contribution in [0.2, 0.25) is 0 Å². The fourth-order valence-electron chi connectivity index (χ4n) is 3.20. The van der Waals surface area contributed by atoms with Gasteiger partial charge in [-0.2, -0.15) is 0 Å². The molecule has 2 aromatic rings. The van der Waals surface area contributed by atoms with Crippen molar-refractivity contribution in [3.8, 4) is 0 Å². The minimum Gasteiger partial charge on any atom is -0.368 e. The van der Waals surface area contributed by atoms with Crippen molar-refractivity contribution >= 4 is 33.4 Å². The molecule has 1 aliphatic heterocycles. The van der Waals surface area contributed by atoms with E-state index in [1.165, 1.54) is 18.2 Å². The lowest BCUT2D eigenvalue weighted by molar-refractivity contribution is -0.122. The van der Waals surface area contributed by atoms with Crippen LogP contribution in [0.25, 0.3) is 0 Å². The first-order valence-electron chi connectivity index (χ1n) is 8.33. The molecule has 0 aromatic heterocycles. The molecule has 1 aliphatic rings. The van der Waals surface area contributed by atoms with E-state index in [0.29, 0.717) is 16.7 Å². The number of carbonyl (C=O) groups excluding carboxylic acids is 2. The second-order valence-electron chi connectivity index (χ2n) is 6.27. The first-order valence-corrected chi connectivity index (χ1v) is 9.12. The second kappa shape index (κ2) is 7.97. The number of likely N-dealkylation sites (tertiary alicyclic amines) is 1. The van der Waals surface area contributed by atoms with E-state index in [9.17, 15) is 14.0 Å². The maximum Gasteiger partial charge on any atom is 0.256 e. The normalized spacial score (nSPS) is 17.2. The molecule has 1 fully saturated rings. The Kier molecular flexibility index (Phi) is 5.68. The molecule has 0 radical (unpaired) electrons. The monoisotopic (exact) mass is 419 g/mol. The van der Waals surface area contributed by atoms with Gasteiger partial charge in [0.05, 0.1) is 11.6 Å². The van der Waals surface area contributed by atoms with Gasteiger partial charge in [-0.25, -0.2) is 4.39 Å². The molecule has 2 aromatic carbocycles. The Morgan fingerprint density at radius 1 is 1.27 bits per heavy atom. The van der Waals surface area contributed by atoms with Crippen molar-refractivity contribution in [2.75, 3.05) is 11.9 Å². The molecule has 1 heterocycles. The zero-order chi connectivity index (χ0) is 18.7. The van der Waals surface area contributed by atoms with Gasteiger partial charge in [0.25, 0.3) is 5.91 Å². The molecule has 136 valence electrons. The third-order valence-corrected chi connectivity index (χ3v) is 5.20. The summed E-state index contributed by atoms with van der Waals surface area (Å²) in [4.78, 5) is 26.2. The van der Waals surface area contributed by atoms with Gasteiger partial charge < -0.3 is 11.1 Å². The summed E-state index contributed by atoms with van der Waals surface area (Å²) < 4.78 is 14.0. The summed E-state index contributed by atoms with van der Waals surface area (Å²) >= 11 is 3.27. The van der Waals surface area contributed by atoms with Crippen molar-refractivity contribution in [3.05, 3.63) is 63.9 Å². The van der Waals surface area contributed by atoms with Crippen LogP contribution in [-0.2, 0) is 11.3 Å². The number of halogens is 2. The van der Waals surface area contributed by atoms with Crippen LogP contribution in [0.5, 0.6) is 0 Å². The standard InChI is InChI=1S/C19H19BrFN3O2/c20-15-8-7-13(21)10-14(15)19(26)23-16-5-2-1-4-12(16)11-24-9-3-6-17(24)18(22)25/h1-2,4-5,7-8,10,17H,3,6,9,11H2,(H2,22,25)(H,23,26). The summed E-state index contributed by atoms with van der Waals surface area (Å²) in [5, 5.41) is 2.83. The smallest absolute Gasteiger partial charge is 0.256 e. The van der Waals surface area contributed by atoms with Crippen molar-refractivity contribution in [2.24, 2.45) is 5.73 Å². The van der Waals surface area contributed by atoms with Gasteiger partial charge >= 0.3 is 0 Å². The SMILES string of the molecule is NC(=O)C1CCCN1Cc1ccccc1NC(=O)c1cc(F)ccc1Br. The Hall–Kier alpha value is -2.25. The van der Waals surface area contributed by atoms with Gasteiger partial charge in [0, 0.05) is 16.7 Å². The zero-order valence-corrected chi connectivity index (χ0v) is 15.6. The van der Waals surface area contributed by atoms with Crippen molar-refractivity contribution in [1.29, 1.82) is 0 Å². The average molecular weight is 420 g/mol. The molecule has 0 spiro atoms. The van der Waals surface area contributed by atoms with Gasteiger partial charge in [0.15, 0.2) is 0 Å². The molecular formula is C19H19BrFN3O2. The molecule has 2 amide bonds. The van der Waals surface area contributed by atoms with E-state index in [4.69, 9.17) is 5.73 Å². The predicted octanol–water partition coefficient (Wildman–Crippen LogP) is 3.29. The van der Waals surface area contributed by atoms with Gasteiger partial charge in [-0.05, 0) is 65.1 Å². The fourth-order valence-corrected chi connectivity index (χ4v) is 3.62. The topological polar surface area (TPSA) is 75.4 Å². The minimum absolute atomic E-state index is 0.219. The Balaban J connectivity index is 1.80. The van der Waals surface area contributed by atoms with Gasteiger partial charge in [-0.3, -0.25) is 14.5 Å². The van der Waals surface area contributed by atoms with Crippen LogP contribution < -0.4 is 11.1 Å². The lowest BCUT2D eigenvalue weighted by Gasteiger charge is -2.23. The number of nitrogens with zero attached hydrogens (tertiary/aromatic N) is 1. The van der Waals surface area contributed by atoms with Gasteiger partial charge in [-0.1, -0.05) is 18.2 Å². The van der Waals surface area contributed by atoms with Crippen LogP contribution in [0.4, 0.5) is 10.1 Å². The van der Waals surface area contributed by atoms with E-state index in [0.717, 1.165) is 24.9 Å². The number of nitrogens with one attached hydrogen (secondary N) is 1. The van der Waals surface area contributed by atoms with Crippen molar-refractivity contribution < 1.29 is 14.0 Å². The van der Waals surface area contributed by atoms with Gasteiger partial charge in [0.2, 0.25) is 5.91 Å². The van der Waals surface area contributed by atoms with E-state index in [1.807, 2.05) is 23.1 Å². The van der Waals surface area contributed by atoms with E-state index < -0.39 is 11.7 Å². The summed E-state index contributed by atoms with van der Waals surface area (Å²) in [7, 11) is 0. The lowest BCUT2D eigenvalue weighted by atomic mass is 10.1. The first kappa shape index (κ1) is 18.5. The Bertz CT molecular complexity index is 843. The number of amides is 2. The van der Waals surface area contributed by atoms with Crippen molar-refractivity contribution in [1.82, 2.24) is 4.90 Å². The highest BCUT2D eigenvalue weighted by Crippen LogP contribution is 2.25. The number of para-hydroxylation sites is 1. The Morgan fingerprint density at radius 2 is 2.04 bits per heavy atom. The predicted molar refractivity (Wildman–Crippen MR) is 101 cm³/mol. The average Bonchev–Trinajstić information content (AvgIpc) is 3.07. The van der Waals surface area contributed by atoms with Crippen LogP contribution in [-0.4, -0.2) is 29.3 Å². The molecule has 1 atom stereocenters. The molecule has 26 heavy (non-hydrogen) atoms. The third-order valence-electron chi connectivity index (χ3n) is 4.50. The second-order valence-corrected chi connectivity index (χ2v) is 7.12. The molecule has 3 rings (SSSR count). The third kappa shape index (κ3) is 4.11. The quantitative estimate of drug-likeness (QED) is 0.780. The van der Waals surface area contributed by atoms with E-state index in [2.05, 4.69) is 21.2 Å². The number of primary amides is 1. The number of nitrogens with two attached hydrogens (primary N) is 1. The largest absolute Gasteiger partial charge is 0.368 e. The van der Waals surface area contributed by atoms with E-state index >= 15 is 0 Å². The highest BCUT2D eigenvalue weighted by molar-refractivity contribution is 9.10. The minimum atomic E-state index is -0.479. The lowest BCUT2D eigenvalue weighted by Crippen LogP contribution is -2.39. The summed E-state index contributed by atoms with van der Waals surface area (Å²) in [5.74, 6) is -1.21. The number of rotatable bonds is 5. The Morgan fingerprint density at radius 3 is 2.81 bits per heavy atom. The highest BCUT2D eigenvalue weighted by Gasteiger charge is 2.29. The van der Waals surface area contributed by atoms with Crippen molar-refractivity contribution in [2.45, 2.75) is 25.4 Å². The number of anilines is 1. The maximum absolute atomic E-state index is 13.5. The molecule has 3 N–H and O–H groups in total. The van der Waals surface area contributed by atoms with Gasteiger partial charge in [0.1, 0.15) is 5.82 Å². The van der Waals surface area contributed by atoms with Crippen LogP contribution in [0.1, 0.15) is 28.8 Å². The maximum atomic E-state index is 13.5. The highest BCUT2D eigenvalue weighted by atomic mass is 79.9. The summed E-state index contributed by atoms with van der Waals surface area (Å²) in [6.45, 7) is 1.29. The van der Waals surface area contributed by atoms with Crippen LogP contribution in [0.15, 0.2) is 46.9 Å². The molecule has 0 bridgehead atoms. The fraction of sp³-hybridized carbons (Fsp3) is 0.263. The molecule has 1 saturated heterocycles. The molecule has 0 aliphatic carbocycles. The number of hydrogen-bond acceptors (Lipinski definition) is 3. The van der Waals surface area contributed by atoms with Crippen LogP contribution in [0, 0.1) is 5.82 Å². The molecule has 1 unspecified atom stereocenters. The first-order chi connectivity index (χ1) is 12.5. The molecular weight excluding hydrogens is 401 g/mol. The van der Waals surface area contributed by atoms with E-state index in [-0.39, 0.29) is 17.5 Å².